The van der Waals surface area contributed by atoms with Gasteiger partial charge in [0.1, 0.15) is 0 Å². The van der Waals surface area contributed by atoms with E-state index in [0.29, 0.717) is 32.0 Å². The lowest BCUT2D eigenvalue weighted by atomic mass is 10.1. The van der Waals surface area contributed by atoms with Gasteiger partial charge in [-0.2, -0.15) is 13.2 Å². The van der Waals surface area contributed by atoms with Crippen molar-refractivity contribution >= 4 is 38.9 Å². The summed E-state index contributed by atoms with van der Waals surface area (Å²) >= 11 is 3.03. The smallest absolute Gasteiger partial charge is 0.378 e. The van der Waals surface area contributed by atoms with E-state index in [0.717, 1.165) is 18.2 Å². The first-order valence-corrected chi connectivity index (χ1v) is 9.25. The van der Waals surface area contributed by atoms with E-state index in [2.05, 4.69) is 21.2 Å². The van der Waals surface area contributed by atoms with Crippen molar-refractivity contribution in [1.82, 2.24) is 0 Å². The summed E-state index contributed by atoms with van der Waals surface area (Å²) in [6.07, 6.45) is -4.58. The largest absolute Gasteiger partial charge is 0.416 e. The first kappa shape index (κ1) is 21.1. The Kier molecular flexibility index (Phi) is 6.08. The van der Waals surface area contributed by atoms with E-state index >= 15 is 0 Å². The molecule has 1 aliphatic heterocycles. The lowest BCUT2D eigenvalue weighted by Gasteiger charge is -2.31. The van der Waals surface area contributed by atoms with Crippen LogP contribution in [0.3, 0.4) is 0 Å². The van der Waals surface area contributed by atoms with Gasteiger partial charge in [0.2, 0.25) is 0 Å². The number of benzene rings is 2. The van der Waals surface area contributed by atoms with E-state index in [9.17, 15) is 28.1 Å². The fraction of sp³-hybridized carbons (Fsp3) is 0.278. The van der Waals surface area contributed by atoms with Crippen molar-refractivity contribution < 1.29 is 27.6 Å². The van der Waals surface area contributed by atoms with E-state index in [1.165, 1.54) is 18.2 Å². The second kappa shape index (κ2) is 8.37. The molecule has 154 valence electrons. The SMILES string of the molecule is O=C(Nc1cc(C(F)(F)F)ccc1N1CCOCC1)c1ccc(Br)c([N+](=O)[O-])c1. The Morgan fingerprint density at radius 2 is 1.86 bits per heavy atom. The molecule has 11 heteroatoms. The Hall–Kier alpha value is -2.66. The summed E-state index contributed by atoms with van der Waals surface area (Å²) in [5, 5.41) is 13.5. The van der Waals surface area contributed by atoms with Gasteiger partial charge in [-0.1, -0.05) is 0 Å². The quantitative estimate of drug-likeness (QED) is 0.523. The predicted molar refractivity (Wildman–Crippen MR) is 103 cm³/mol. The highest BCUT2D eigenvalue weighted by Gasteiger charge is 2.32. The van der Waals surface area contributed by atoms with Crippen molar-refractivity contribution in [2.75, 3.05) is 36.5 Å². The minimum atomic E-state index is -4.58. The monoisotopic (exact) mass is 473 g/mol. The third kappa shape index (κ3) is 4.85. The highest BCUT2D eigenvalue weighted by atomic mass is 79.9. The number of anilines is 2. The van der Waals surface area contributed by atoms with Crippen molar-refractivity contribution in [3.8, 4) is 0 Å². The number of morpholine rings is 1. The Balaban J connectivity index is 1.96. The summed E-state index contributed by atoms with van der Waals surface area (Å²) < 4.78 is 44.9. The summed E-state index contributed by atoms with van der Waals surface area (Å²) in [4.78, 5) is 24.8. The minimum absolute atomic E-state index is 0.0303. The third-order valence-corrected chi connectivity index (χ3v) is 5.00. The number of nitrogens with zero attached hydrogens (tertiary/aromatic N) is 2. The third-order valence-electron chi connectivity index (χ3n) is 4.33. The summed E-state index contributed by atoms with van der Waals surface area (Å²) in [5.74, 6) is -0.755. The number of hydrogen-bond acceptors (Lipinski definition) is 5. The predicted octanol–water partition coefficient (Wildman–Crippen LogP) is 4.47. The van der Waals surface area contributed by atoms with Gasteiger partial charge < -0.3 is 15.0 Å². The molecule has 0 radical (unpaired) electrons. The minimum Gasteiger partial charge on any atom is -0.378 e. The normalized spacial score (nSPS) is 14.6. The van der Waals surface area contributed by atoms with Crippen molar-refractivity contribution in [2.24, 2.45) is 0 Å². The molecule has 2 aromatic rings. The first-order valence-electron chi connectivity index (χ1n) is 8.46. The number of hydrogen-bond donors (Lipinski definition) is 1. The highest BCUT2D eigenvalue weighted by Crippen LogP contribution is 2.36. The zero-order valence-electron chi connectivity index (χ0n) is 14.8. The molecule has 1 saturated heterocycles. The fourth-order valence-corrected chi connectivity index (χ4v) is 3.27. The molecule has 0 aliphatic carbocycles. The van der Waals surface area contributed by atoms with E-state index in [1.807, 2.05) is 4.90 Å². The molecule has 1 amide bonds. The fourth-order valence-electron chi connectivity index (χ4n) is 2.88. The van der Waals surface area contributed by atoms with Gasteiger partial charge in [0.25, 0.3) is 11.6 Å². The van der Waals surface area contributed by atoms with Gasteiger partial charge in [-0.15, -0.1) is 0 Å². The van der Waals surface area contributed by atoms with Crippen LogP contribution >= 0.6 is 15.9 Å². The molecule has 29 heavy (non-hydrogen) atoms. The lowest BCUT2D eigenvalue weighted by molar-refractivity contribution is -0.385. The molecular weight excluding hydrogens is 459 g/mol. The van der Waals surface area contributed by atoms with Crippen molar-refractivity contribution in [3.63, 3.8) is 0 Å². The summed E-state index contributed by atoms with van der Waals surface area (Å²) in [6, 6.07) is 6.84. The summed E-state index contributed by atoms with van der Waals surface area (Å²) in [7, 11) is 0. The van der Waals surface area contributed by atoms with Gasteiger partial charge in [-0.05, 0) is 46.3 Å². The average molecular weight is 474 g/mol. The van der Waals surface area contributed by atoms with Crippen molar-refractivity contribution in [1.29, 1.82) is 0 Å². The topological polar surface area (TPSA) is 84.7 Å². The average Bonchev–Trinajstić information content (AvgIpc) is 2.68. The van der Waals surface area contributed by atoms with Crippen LogP contribution in [-0.2, 0) is 10.9 Å². The van der Waals surface area contributed by atoms with Crippen LogP contribution in [0, 0.1) is 10.1 Å². The zero-order valence-corrected chi connectivity index (χ0v) is 16.4. The summed E-state index contributed by atoms with van der Waals surface area (Å²) in [6.45, 7) is 1.73. The van der Waals surface area contributed by atoms with E-state index in [1.54, 1.807) is 0 Å². The maximum Gasteiger partial charge on any atom is 0.416 e. The van der Waals surface area contributed by atoms with Crippen LogP contribution in [0.15, 0.2) is 40.9 Å². The number of ether oxygens (including phenoxy) is 1. The molecule has 2 aromatic carbocycles. The van der Waals surface area contributed by atoms with Crippen LogP contribution in [0.1, 0.15) is 15.9 Å². The van der Waals surface area contributed by atoms with Crippen LogP contribution in [0.2, 0.25) is 0 Å². The number of nitro groups is 1. The number of carbonyl (C=O) groups is 1. The number of carbonyl (C=O) groups excluding carboxylic acids is 1. The Bertz CT molecular complexity index is 946. The second-order valence-corrected chi connectivity index (χ2v) is 7.06. The van der Waals surface area contributed by atoms with E-state index in [4.69, 9.17) is 4.74 Å². The standard InChI is InChI=1S/C18H15BrF3N3O4/c19-13-3-1-11(9-16(13)25(27)28)17(26)23-14-10-12(18(20,21)22)2-4-15(14)24-5-7-29-8-6-24/h1-4,9-10H,5-8H2,(H,23,26). The summed E-state index contributed by atoms with van der Waals surface area (Å²) in [5.41, 5.74) is -0.898. The molecule has 1 aliphatic rings. The van der Waals surface area contributed by atoms with Crippen LogP contribution in [0.5, 0.6) is 0 Å². The number of halogens is 4. The van der Waals surface area contributed by atoms with Crippen molar-refractivity contribution in [3.05, 3.63) is 62.1 Å². The highest BCUT2D eigenvalue weighted by molar-refractivity contribution is 9.10. The van der Waals surface area contributed by atoms with Crippen LogP contribution in [0.4, 0.5) is 30.2 Å². The van der Waals surface area contributed by atoms with Gasteiger partial charge in [0, 0.05) is 24.7 Å². The number of amides is 1. The van der Waals surface area contributed by atoms with Crippen LogP contribution in [-0.4, -0.2) is 37.1 Å². The molecule has 0 saturated carbocycles. The Morgan fingerprint density at radius 1 is 1.17 bits per heavy atom. The van der Waals surface area contributed by atoms with Crippen LogP contribution < -0.4 is 10.2 Å². The molecule has 0 atom stereocenters. The Morgan fingerprint density at radius 3 is 2.48 bits per heavy atom. The van der Waals surface area contributed by atoms with Gasteiger partial charge in [0.15, 0.2) is 0 Å². The molecule has 0 bridgehead atoms. The Labute approximate surface area is 171 Å². The van der Waals surface area contributed by atoms with E-state index in [-0.39, 0.29) is 21.4 Å². The molecular formula is C18H15BrF3N3O4. The van der Waals surface area contributed by atoms with Crippen LogP contribution in [0.25, 0.3) is 0 Å². The number of nitro benzene ring substituents is 1. The number of nitrogens with one attached hydrogen (secondary N) is 1. The molecule has 3 rings (SSSR count). The second-order valence-electron chi connectivity index (χ2n) is 6.21. The molecule has 0 unspecified atom stereocenters. The van der Waals surface area contributed by atoms with E-state index < -0.39 is 22.6 Å². The maximum absolute atomic E-state index is 13.2. The molecule has 1 heterocycles. The zero-order chi connectivity index (χ0) is 21.2. The van der Waals surface area contributed by atoms with Gasteiger partial charge in [-0.25, -0.2) is 0 Å². The molecule has 1 N–H and O–H groups in total. The van der Waals surface area contributed by atoms with Gasteiger partial charge in [-0.3, -0.25) is 14.9 Å². The van der Waals surface area contributed by atoms with Gasteiger partial charge >= 0.3 is 6.18 Å². The maximum atomic E-state index is 13.2. The first-order chi connectivity index (χ1) is 13.7. The lowest BCUT2D eigenvalue weighted by Crippen LogP contribution is -2.36. The molecule has 1 fully saturated rings. The molecule has 7 nitrogen and oxygen atoms in total. The number of alkyl halides is 3. The van der Waals surface area contributed by atoms with Crippen molar-refractivity contribution in [2.45, 2.75) is 6.18 Å². The molecule has 0 spiro atoms. The molecule has 0 aromatic heterocycles. The number of rotatable bonds is 4. The van der Waals surface area contributed by atoms with Gasteiger partial charge in [0.05, 0.1) is 39.5 Å².